The first kappa shape index (κ1) is 17.3. The van der Waals surface area contributed by atoms with Gasteiger partial charge in [0.1, 0.15) is 11.4 Å². The Labute approximate surface area is 147 Å². The maximum Gasteiger partial charge on any atom is 0.241 e. The van der Waals surface area contributed by atoms with Gasteiger partial charge in [0.05, 0.1) is 12.7 Å². The van der Waals surface area contributed by atoms with Gasteiger partial charge in [-0.2, -0.15) is 0 Å². The zero-order valence-electron chi connectivity index (χ0n) is 14.6. The van der Waals surface area contributed by atoms with E-state index < -0.39 is 0 Å². The number of aromatic nitrogens is 3. The van der Waals surface area contributed by atoms with Gasteiger partial charge in [-0.3, -0.25) is 19.7 Å². The molecular weight excluding hydrogens is 318 g/mol. The molecular formula is C18H23N5O2. The molecule has 0 radical (unpaired) electrons. The van der Waals surface area contributed by atoms with Gasteiger partial charge in [-0.25, -0.2) is 4.98 Å². The third-order valence-corrected chi connectivity index (χ3v) is 4.29. The summed E-state index contributed by atoms with van der Waals surface area (Å²) in [4.78, 5) is 28.7. The number of hydrogen-bond donors (Lipinski definition) is 0. The summed E-state index contributed by atoms with van der Waals surface area (Å²) in [7, 11) is 3.57. The Bertz CT molecular complexity index is 708. The minimum atomic E-state index is 0.117. The number of likely N-dealkylation sites (N-methyl/N-ethyl adjacent to an activating group) is 1. The average molecular weight is 341 g/mol. The van der Waals surface area contributed by atoms with Crippen LogP contribution in [-0.4, -0.2) is 64.4 Å². The predicted molar refractivity (Wildman–Crippen MR) is 93.5 cm³/mol. The van der Waals surface area contributed by atoms with Crippen molar-refractivity contribution in [2.75, 3.05) is 33.7 Å². The van der Waals surface area contributed by atoms with Crippen LogP contribution in [0.5, 0.6) is 11.6 Å². The zero-order valence-corrected chi connectivity index (χ0v) is 14.6. The second-order valence-electron chi connectivity index (χ2n) is 6.40. The Hall–Kier alpha value is -2.54. The van der Waals surface area contributed by atoms with Crippen LogP contribution in [0.25, 0.3) is 0 Å². The van der Waals surface area contributed by atoms with Gasteiger partial charge in [-0.1, -0.05) is 0 Å². The van der Waals surface area contributed by atoms with Crippen LogP contribution in [-0.2, 0) is 4.79 Å². The fourth-order valence-corrected chi connectivity index (χ4v) is 2.97. The van der Waals surface area contributed by atoms with Crippen molar-refractivity contribution in [2.24, 2.45) is 0 Å². The van der Waals surface area contributed by atoms with E-state index in [1.54, 1.807) is 43.8 Å². The van der Waals surface area contributed by atoms with Crippen molar-refractivity contribution in [1.29, 1.82) is 0 Å². The summed E-state index contributed by atoms with van der Waals surface area (Å²) in [5.74, 6) is 1.47. The number of rotatable bonds is 5. The van der Waals surface area contributed by atoms with E-state index in [1.807, 2.05) is 12.1 Å². The van der Waals surface area contributed by atoms with Crippen LogP contribution in [0, 0.1) is 0 Å². The Morgan fingerprint density at radius 1 is 1.32 bits per heavy atom. The standard InChI is InChI=1S/C18H23N5O2/c1-22(2)16(24)13-23-10-4-5-14(12-23)17-18(21-9-8-20-17)25-15-6-3-7-19-11-15/h3,6-9,11,14H,4-5,10,12-13H2,1-2H3/t14-/m1/s1. The highest BCUT2D eigenvalue weighted by Crippen LogP contribution is 2.32. The smallest absolute Gasteiger partial charge is 0.241 e. The molecule has 1 saturated heterocycles. The molecule has 132 valence electrons. The molecule has 0 unspecified atom stereocenters. The minimum Gasteiger partial charge on any atom is -0.436 e. The Morgan fingerprint density at radius 3 is 2.92 bits per heavy atom. The van der Waals surface area contributed by atoms with Gasteiger partial charge >= 0.3 is 0 Å². The summed E-state index contributed by atoms with van der Waals surface area (Å²) < 4.78 is 5.89. The van der Waals surface area contributed by atoms with Gasteiger partial charge in [0.15, 0.2) is 0 Å². The number of carbonyl (C=O) groups is 1. The van der Waals surface area contributed by atoms with Crippen molar-refractivity contribution in [3.05, 3.63) is 42.6 Å². The number of piperidine rings is 1. The molecule has 7 heteroatoms. The van der Waals surface area contributed by atoms with E-state index in [1.165, 1.54) is 0 Å². The quantitative estimate of drug-likeness (QED) is 0.827. The molecule has 1 amide bonds. The first-order valence-electron chi connectivity index (χ1n) is 8.45. The molecule has 0 bridgehead atoms. The molecule has 1 aliphatic heterocycles. The van der Waals surface area contributed by atoms with Crippen molar-refractivity contribution in [2.45, 2.75) is 18.8 Å². The summed E-state index contributed by atoms with van der Waals surface area (Å²) in [6.45, 7) is 2.14. The summed E-state index contributed by atoms with van der Waals surface area (Å²) in [5, 5.41) is 0. The molecule has 0 N–H and O–H groups in total. The molecule has 1 atom stereocenters. The van der Waals surface area contributed by atoms with Crippen molar-refractivity contribution >= 4 is 5.91 Å². The van der Waals surface area contributed by atoms with Gasteiger partial charge in [0.2, 0.25) is 11.8 Å². The number of likely N-dealkylation sites (tertiary alicyclic amines) is 1. The van der Waals surface area contributed by atoms with Crippen LogP contribution >= 0.6 is 0 Å². The van der Waals surface area contributed by atoms with E-state index in [0.717, 1.165) is 31.6 Å². The van der Waals surface area contributed by atoms with Crippen molar-refractivity contribution in [3.63, 3.8) is 0 Å². The molecule has 1 aliphatic rings. The molecule has 3 rings (SSSR count). The Morgan fingerprint density at radius 2 is 2.16 bits per heavy atom. The van der Waals surface area contributed by atoms with Crippen LogP contribution in [0.3, 0.4) is 0 Å². The van der Waals surface area contributed by atoms with Gasteiger partial charge < -0.3 is 9.64 Å². The average Bonchev–Trinajstić information content (AvgIpc) is 2.63. The van der Waals surface area contributed by atoms with Crippen LogP contribution in [0.1, 0.15) is 24.5 Å². The van der Waals surface area contributed by atoms with Crippen molar-refractivity contribution in [3.8, 4) is 11.6 Å². The summed E-state index contributed by atoms with van der Waals surface area (Å²) in [5.41, 5.74) is 0.841. The third-order valence-electron chi connectivity index (χ3n) is 4.29. The van der Waals surface area contributed by atoms with Crippen molar-refractivity contribution in [1.82, 2.24) is 24.8 Å². The van der Waals surface area contributed by atoms with Crippen molar-refractivity contribution < 1.29 is 9.53 Å². The lowest BCUT2D eigenvalue weighted by molar-refractivity contribution is -0.130. The van der Waals surface area contributed by atoms with E-state index in [0.29, 0.717) is 18.2 Å². The van der Waals surface area contributed by atoms with E-state index in [-0.39, 0.29) is 11.8 Å². The number of amides is 1. The fourth-order valence-electron chi connectivity index (χ4n) is 2.97. The highest BCUT2D eigenvalue weighted by molar-refractivity contribution is 5.77. The zero-order chi connectivity index (χ0) is 17.6. The largest absolute Gasteiger partial charge is 0.436 e. The van der Waals surface area contributed by atoms with Gasteiger partial charge in [0, 0.05) is 45.1 Å². The van der Waals surface area contributed by atoms with Gasteiger partial charge in [0.25, 0.3) is 0 Å². The molecule has 1 fully saturated rings. The van der Waals surface area contributed by atoms with Crippen LogP contribution in [0.4, 0.5) is 0 Å². The predicted octanol–water partition coefficient (Wildman–Crippen LogP) is 1.93. The van der Waals surface area contributed by atoms with Crippen LogP contribution in [0.15, 0.2) is 36.9 Å². The molecule has 3 heterocycles. The number of nitrogens with zero attached hydrogens (tertiary/aromatic N) is 5. The highest BCUT2D eigenvalue weighted by atomic mass is 16.5. The lowest BCUT2D eigenvalue weighted by Gasteiger charge is -2.32. The maximum absolute atomic E-state index is 12.0. The van der Waals surface area contributed by atoms with Crippen LogP contribution in [0.2, 0.25) is 0 Å². The maximum atomic E-state index is 12.0. The number of hydrogen-bond acceptors (Lipinski definition) is 6. The van der Waals surface area contributed by atoms with E-state index in [9.17, 15) is 4.79 Å². The molecule has 25 heavy (non-hydrogen) atoms. The summed E-state index contributed by atoms with van der Waals surface area (Å²) in [6.07, 6.45) is 8.70. The van der Waals surface area contributed by atoms with Crippen LogP contribution < -0.4 is 4.74 Å². The minimum absolute atomic E-state index is 0.117. The molecule has 2 aromatic rings. The number of carbonyl (C=O) groups excluding carboxylic acids is 1. The first-order valence-corrected chi connectivity index (χ1v) is 8.45. The number of pyridine rings is 1. The lowest BCUT2D eigenvalue weighted by Crippen LogP contribution is -2.41. The molecule has 0 saturated carbocycles. The molecule has 0 aromatic carbocycles. The monoisotopic (exact) mass is 341 g/mol. The van der Waals surface area contributed by atoms with E-state index >= 15 is 0 Å². The van der Waals surface area contributed by atoms with E-state index in [2.05, 4.69) is 19.9 Å². The molecule has 0 aliphatic carbocycles. The lowest BCUT2D eigenvalue weighted by atomic mass is 9.94. The summed E-state index contributed by atoms with van der Waals surface area (Å²) >= 11 is 0. The van der Waals surface area contributed by atoms with Gasteiger partial charge in [-0.05, 0) is 31.5 Å². The second kappa shape index (κ2) is 8.02. The highest BCUT2D eigenvalue weighted by Gasteiger charge is 2.27. The Kier molecular flexibility index (Phi) is 5.55. The molecule has 7 nitrogen and oxygen atoms in total. The number of ether oxygens (including phenoxy) is 1. The second-order valence-corrected chi connectivity index (χ2v) is 6.40. The topological polar surface area (TPSA) is 71.5 Å². The third kappa shape index (κ3) is 4.51. The first-order chi connectivity index (χ1) is 12.1. The van der Waals surface area contributed by atoms with E-state index in [4.69, 9.17) is 4.74 Å². The normalized spacial score (nSPS) is 17.9. The molecule has 2 aromatic heterocycles. The SMILES string of the molecule is CN(C)C(=O)CN1CCC[C@@H](c2nccnc2Oc2cccnc2)C1. The summed E-state index contributed by atoms with van der Waals surface area (Å²) in [6, 6.07) is 3.66. The fraction of sp³-hybridized carbons (Fsp3) is 0.444. The molecule has 0 spiro atoms. The van der Waals surface area contributed by atoms with Gasteiger partial charge in [-0.15, -0.1) is 0 Å². The Balaban J connectivity index is 1.74.